The van der Waals surface area contributed by atoms with Crippen LogP contribution in [-0.2, 0) is 0 Å². The molecule has 0 fully saturated rings. The third-order valence-electron chi connectivity index (χ3n) is 0.733. The quantitative estimate of drug-likeness (QED) is 0.438. The molecule has 1 rings (SSSR count). The van der Waals surface area contributed by atoms with E-state index in [1.54, 1.807) is 0 Å². The number of nitrogens with one attached hydrogen (secondary N) is 1. The molecule has 0 aliphatic heterocycles. The van der Waals surface area contributed by atoms with E-state index in [1.807, 2.05) is 30.3 Å². The number of halogens is 1. The van der Waals surface area contributed by atoms with Gasteiger partial charge in [-0.1, -0.05) is 29.8 Å². The fourth-order valence-corrected chi connectivity index (χ4v) is 0.560. The molecule has 1 aromatic carbocycles. The zero-order valence-corrected chi connectivity index (χ0v) is 6.18. The molecule has 0 atom stereocenters. The number of rotatable bonds is 0. The van der Waals surface area contributed by atoms with Crippen LogP contribution in [0.2, 0.25) is 5.02 Å². The Labute approximate surface area is 65.1 Å². The summed E-state index contributed by atoms with van der Waals surface area (Å²) in [7, 11) is 0. The molecular formula is C7H9ClN2. The van der Waals surface area contributed by atoms with Gasteiger partial charge in [0.05, 0.1) is 6.34 Å². The monoisotopic (exact) mass is 156 g/mol. The second kappa shape index (κ2) is 6.11. The maximum Gasteiger partial charge on any atom is 0.0765 e. The number of hydrogen-bond donors (Lipinski definition) is 2. The first-order valence-electron chi connectivity index (χ1n) is 2.72. The summed E-state index contributed by atoms with van der Waals surface area (Å²) in [6, 6.07) is 9.44. The minimum absolute atomic E-state index is 0.750. The lowest BCUT2D eigenvalue weighted by atomic mass is 10.4. The van der Waals surface area contributed by atoms with Crippen LogP contribution >= 0.6 is 11.6 Å². The number of nitrogens with two attached hydrogens (primary N) is 1. The maximum absolute atomic E-state index is 5.86. The average molecular weight is 157 g/mol. The second-order valence-corrected chi connectivity index (χ2v) is 1.90. The molecule has 2 nitrogen and oxygen atoms in total. The van der Waals surface area contributed by atoms with Crippen molar-refractivity contribution in [3.63, 3.8) is 0 Å². The van der Waals surface area contributed by atoms with E-state index in [9.17, 15) is 0 Å². The van der Waals surface area contributed by atoms with Crippen molar-refractivity contribution in [2.24, 2.45) is 5.73 Å². The van der Waals surface area contributed by atoms with Crippen molar-refractivity contribution in [3.05, 3.63) is 35.4 Å². The lowest BCUT2D eigenvalue weighted by Gasteiger charge is -1.80. The molecule has 0 aliphatic rings. The summed E-state index contributed by atoms with van der Waals surface area (Å²) in [5.74, 6) is 0. The van der Waals surface area contributed by atoms with E-state index in [1.165, 1.54) is 0 Å². The van der Waals surface area contributed by atoms with Gasteiger partial charge in [0.1, 0.15) is 0 Å². The number of hydrogen-bond acceptors (Lipinski definition) is 1. The van der Waals surface area contributed by atoms with Crippen LogP contribution in [0, 0.1) is 5.41 Å². The summed E-state index contributed by atoms with van der Waals surface area (Å²) < 4.78 is 0. The van der Waals surface area contributed by atoms with Gasteiger partial charge < -0.3 is 5.73 Å². The highest BCUT2D eigenvalue weighted by atomic mass is 35.5. The van der Waals surface area contributed by atoms with E-state index >= 15 is 0 Å². The normalized spacial score (nSPS) is 7.30. The average Bonchev–Trinajstić information content (AvgIpc) is 1.91. The first-order valence-corrected chi connectivity index (χ1v) is 3.10. The summed E-state index contributed by atoms with van der Waals surface area (Å²) >= 11 is 5.54. The standard InChI is InChI=1S/C6H5Cl.CH4N2/c7-6-4-2-1-3-5-6;2-1-3/h1-5H;1H,(H3,2,3). The Morgan fingerprint density at radius 2 is 1.70 bits per heavy atom. The first kappa shape index (κ1) is 8.98. The first-order chi connectivity index (χ1) is 4.81. The predicted molar refractivity (Wildman–Crippen MR) is 44.4 cm³/mol. The van der Waals surface area contributed by atoms with Crippen molar-refractivity contribution in [2.75, 3.05) is 0 Å². The molecule has 0 saturated carbocycles. The molecule has 54 valence electrons. The molecule has 0 unspecified atom stereocenters. The molecule has 0 aromatic heterocycles. The van der Waals surface area contributed by atoms with E-state index in [2.05, 4.69) is 5.73 Å². The van der Waals surface area contributed by atoms with Crippen molar-refractivity contribution in [1.82, 2.24) is 0 Å². The summed E-state index contributed by atoms with van der Waals surface area (Å²) in [5, 5.41) is 6.66. The van der Waals surface area contributed by atoms with Gasteiger partial charge in [0, 0.05) is 5.02 Å². The van der Waals surface area contributed by atoms with Gasteiger partial charge in [-0.3, -0.25) is 5.41 Å². The summed E-state index contributed by atoms with van der Waals surface area (Å²) in [6.45, 7) is 0. The van der Waals surface area contributed by atoms with Gasteiger partial charge in [-0.2, -0.15) is 0 Å². The lowest BCUT2D eigenvalue weighted by Crippen LogP contribution is -1.81. The van der Waals surface area contributed by atoms with E-state index in [0.29, 0.717) is 0 Å². The van der Waals surface area contributed by atoms with E-state index in [4.69, 9.17) is 17.0 Å². The molecule has 0 heterocycles. The van der Waals surface area contributed by atoms with E-state index in [0.717, 1.165) is 11.4 Å². The Hall–Kier alpha value is -1.02. The van der Waals surface area contributed by atoms with Gasteiger partial charge in [0.15, 0.2) is 0 Å². The maximum atomic E-state index is 5.86. The van der Waals surface area contributed by atoms with Crippen LogP contribution in [0.3, 0.4) is 0 Å². The molecule has 1 aromatic rings. The molecule has 0 saturated heterocycles. The zero-order valence-electron chi connectivity index (χ0n) is 5.42. The Bertz CT molecular complexity index is 174. The van der Waals surface area contributed by atoms with Crippen molar-refractivity contribution in [2.45, 2.75) is 0 Å². The molecular weight excluding hydrogens is 148 g/mol. The third kappa shape index (κ3) is 5.12. The largest absolute Gasteiger partial charge is 0.390 e. The Morgan fingerprint density at radius 3 is 1.90 bits per heavy atom. The highest BCUT2D eigenvalue weighted by Gasteiger charge is 1.74. The summed E-state index contributed by atoms with van der Waals surface area (Å²) in [4.78, 5) is 0. The molecule has 3 heteroatoms. The molecule has 0 spiro atoms. The van der Waals surface area contributed by atoms with Crippen LogP contribution in [0.4, 0.5) is 0 Å². The molecule has 0 aliphatic carbocycles. The minimum atomic E-state index is 0.750. The Morgan fingerprint density at radius 1 is 1.30 bits per heavy atom. The molecule has 0 amide bonds. The molecule has 3 N–H and O–H groups in total. The van der Waals surface area contributed by atoms with Crippen molar-refractivity contribution in [3.8, 4) is 0 Å². The van der Waals surface area contributed by atoms with Gasteiger partial charge in [-0.15, -0.1) is 0 Å². The Kier molecular flexibility index (Phi) is 5.48. The SMILES string of the molecule is Clc1ccccc1.N=CN. The Balaban J connectivity index is 0.000000236. The van der Waals surface area contributed by atoms with Crippen LogP contribution < -0.4 is 5.73 Å². The summed E-state index contributed by atoms with van der Waals surface area (Å²) in [6.07, 6.45) is 0.750. The van der Waals surface area contributed by atoms with Crippen LogP contribution in [0.25, 0.3) is 0 Å². The predicted octanol–water partition coefficient (Wildman–Crippen LogP) is 1.89. The van der Waals surface area contributed by atoms with Gasteiger partial charge in [-0.25, -0.2) is 0 Å². The van der Waals surface area contributed by atoms with Crippen LogP contribution in [0.5, 0.6) is 0 Å². The molecule has 10 heavy (non-hydrogen) atoms. The lowest BCUT2D eigenvalue weighted by molar-refractivity contribution is 1.52. The smallest absolute Gasteiger partial charge is 0.0765 e. The minimum Gasteiger partial charge on any atom is -0.390 e. The van der Waals surface area contributed by atoms with Crippen molar-refractivity contribution >= 4 is 17.9 Å². The second-order valence-electron chi connectivity index (χ2n) is 1.46. The van der Waals surface area contributed by atoms with Crippen molar-refractivity contribution in [1.29, 1.82) is 5.41 Å². The highest BCUT2D eigenvalue weighted by molar-refractivity contribution is 6.30. The van der Waals surface area contributed by atoms with Crippen molar-refractivity contribution < 1.29 is 0 Å². The van der Waals surface area contributed by atoms with Gasteiger partial charge in [0.2, 0.25) is 0 Å². The topological polar surface area (TPSA) is 49.9 Å². The third-order valence-corrected chi connectivity index (χ3v) is 0.985. The zero-order chi connectivity index (χ0) is 7.82. The van der Waals surface area contributed by atoms with Gasteiger partial charge in [0.25, 0.3) is 0 Å². The molecule has 0 bridgehead atoms. The summed E-state index contributed by atoms with van der Waals surface area (Å²) in [5.41, 5.74) is 4.39. The fourth-order valence-electron chi connectivity index (χ4n) is 0.415. The van der Waals surface area contributed by atoms with Crippen LogP contribution in [0.15, 0.2) is 30.3 Å². The van der Waals surface area contributed by atoms with E-state index in [-0.39, 0.29) is 0 Å². The van der Waals surface area contributed by atoms with Crippen LogP contribution in [-0.4, -0.2) is 6.34 Å². The fraction of sp³-hybridized carbons (Fsp3) is 0. The highest BCUT2D eigenvalue weighted by Crippen LogP contribution is 2.03. The molecule has 0 radical (unpaired) electrons. The van der Waals surface area contributed by atoms with Gasteiger partial charge in [-0.05, 0) is 12.1 Å². The van der Waals surface area contributed by atoms with Gasteiger partial charge >= 0.3 is 0 Å². The van der Waals surface area contributed by atoms with Crippen LogP contribution in [0.1, 0.15) is 0 Å². The van der Waals surface area contributed by atoms with E-state index < -0.39 is 0 Å². The number of benzene rings is 1.